The van der Waals surface area contributed by atoms with Crippen molar-refractivity contribution in [3.05, 3.63) is 66.2 Å². The second-order valence-corrected chi connectivity index (χ2v) is 12.4. The summed E-state index contributed by atoms with van der Waals surface area (Å²) in [6.07, 6.45) is 5.09. The fourth-order valence-electron chi connectivity index (χ4n) is 5.93. The van der Waals surface area contributed by atoms with Crippen molar-refractivity contribution in [2.75, 3.05) is 18.0 Å². The lowest BCUT2D eigenvalue weighted by molar-refractivity contribution is -0.141. The summed E-state index contributed by atoms with van der Waals surface area (Å²) in [7, 11) is -2.09. The molecule has 0 radical (unpaired) electrons. The number of ether oxygens (including phenoxy) is 1. The van der Waals surface area contributed by atoms with Gasteiger partial charge in [0.1, 0.15) is 11.8 Å². The van der Waals surface area contributed by atoms with Gasteiger partial charge in [-0.15, -0.1) is 0 Å². The van der Waals surface area contributed by atoms with Gasteiger partial charge in [-0.3, -0.25) is 13.9 Å². The highest BCUT2D eigenvalue weighted by atomic mass is 32.2. The minimum atomic E-state index is -3.69. The lowest BCUT2D eigenvalue weighted by atomic mass is 10.1. The summed E-state index contributed by atoms with van der Waals surface area (Å²) < 4.78 is 33.4. The van der Waals surface area contributed by atoms with E-state index < -0.39 is 16.1 Å². The van der Waals surface area contributed by atoms with E-state index in [9.17, 15) is 18.0 Å². The monoisotopic (exact) mass is 563 g/mol. The summed E-state index contributed by atoms with van der Waals surface area (Å²) in [6.45, 7) is 2.39. The van der Waals surface area contributed by atoms with E-state index in [1.807, 2.05) is 55.5 Å². The van der Waals surface area contributed by atoms with E-state index in [4.69, 9.17) is 4.74 Å². The summed E-state index contributed by atoms with van der Waals surface area (Å²) in [6, 6.07) is 17.9. The summed E-state index contributed by atoms with van der Waals surface area (Å²) in [5, 5.41) is 4.77. The molecule has 3 aromatic carbocycles. The number of nitrogens with one attached hydrogen (secondary N) is 1. The van der Waals surface area contributed by atoms with Gasteiger partial charge >= 0.3 is 0 Å². The molecule has 0 aromatic heterocycles. The molecule has 2 aliphatic rings. The first-order valence-corrected chi connectivity index (χ1v) is 15.5. The number of carbonyl (C=O) groups excluding carboxylic acids is 2. The van der Waals surface area contributed by atoms with Crippen LogP contribution in [0.3, 0.4) is 0 Å². The van der Waals surface area contributed by atoms with Crippen LogP contribution < -0.4 is 14.4 Å². The molecule has 1 atom stereocenters. The quantitative estimate of drug-likeness (QED) is 0.354. The highest BCUT2D eigenvalue weighted by molar-refractivity contribution is 7.93. The Balaban J connectivity index is 1.32. The van der Waals surface area contributed by atoms with E-state index in [1.165, 1.54) is 4.31 Å². The molecule has 0 saturated heterocycles. The van der Waals surface area contributed by atoms with Gasteiger partial charge in [-0.1, -0.05) is 56.2 Å². The van der Waals surface area contributed by atoms with Crippen molar-refractivity contribution in [3.8, 4) is 5.75 Å². The number of hydrogen-bond donors (Lipinski definition) is 1. The highest BCUT2D eigenvalue weighted by Gasteiger charge is 2.36. The molecule has 1 heterocycles. The second-order valence-electron chi connectivity index (χ2n) is 10.6. The maximum absolute atomic E-state index is 13.7. The number of sulfonamides is 1. The standard InChI is InChI=1S/C31H37N3O5S/c1-3-26(31(36)32-24-11-4-5-12-24)33(21-22-16-18-25(39-2)19-17-22)29(35)15-8-20-34-27-13-6-9-23-10-7-14-28(30(23)27)40(34,37)38/h6-7,9-10,13-14,16-19,24,26H,3-5,8,11-12,15,20-21H2,1-2H3,(H,32,36)/t26-/m1/s1. The SMILES string of the molecule is CC[C@H](C(=O)NC1CCCC1)N(Cc1ccc(OC)cc1)C(=O)CCCN1c2cccc3cccc(c23)S1(=O)=O. The van der Waals surface area contributed by atoms with E-state index >= 15 is 0 Å². The number of amides is 2. The van der Waals surface area contributed by atoms with E-state index in [0.29, 0.717) is 23.4 Å². The van der Waals surface area contributed by atoms with Crippen LogP contribution in [0, 0.1) is 0 Å². The van der Waals surface area contributed by atoms with Gasteiger partial charge in [0, 0.05) is 30.9 Å². The van der Waals surface area contributed by atoms with Gasteiger partial charge in [-0.05, 0) is 60.9 Å². The fourth-order valence-corrected chi connectivity index (χ4v) is 7.68. The number of hydrogen-bond acceptors (Lipinski definition) is 5. The predicted octanol–water partition coefficient (Wildman–Crippen LogP) is 5.00. The molecule has 1 N–H and O–H groups in total. The molecule has 8 nitrogen and oxygen atoms in total. The Morgan fingerprint density at radius 3 is 2.42 bits per heavy atom. The van der Waals surface area contributed by atoms with Gasteiger partial charge in [0.15, 0.2) is 0 Å². The fraction of sp³-hybridized carbons (Fsp3) is 0.419. The minimum absolute atomic E-state index is 0.125. The first-order chi connectivity index (χ1) is 19.3. The number of rotatable bonds is 11. The van der Waals surface area contributed by atoms with Gasteiger partial charge in [0.05, 0.1) is 17.7 Å². The molecule has 1 aliphatic carbocycles. The van der Waals surface area contributed by atoms with Gasteiger partial charge in [-0.25, -0.2) is 8.42 Å². The summed E-state index contributed by atoms with van der Waals surface area (Å²) in [4.78, 5) is 29.0. The Hall–Kier alpha value is -3.59. The van der Waals surface area contributed by atoms with Crippen LogP contribution in [-0.4, -0.2) is 50.9 Å². The Bertz CT molecular complexity index is 1480. The molecule has 3 aromatic rings. The molecule has 0 unspecified atom stereocenters. The van der Waals surface area contributed by atoms with Crippen molar-refractivity contribution < 1.29 is 22.7 Å². The van der Waals surface area contributed by atoms with Gasteiger partial charge < -0.3 is 15.0 Å². The van der Waals surface area contributed by atoms with Crippen molar-refractivity contribution in [2.24, 2.45) is 0 Å². The molecule has 1 aliphatic heterocycles. The van der Waals surface area contributed by atoms with Gasteiger partial charge in [0.25, 0.3) is 10.0 Å². The maximum Gasteiger partial charge on any atom is 0.265 e. The first-order valence-electron chi connectivity index (χ1n) is 14.1. The van der Waals surface area contributed by atoms with Crippen molar-refractivity contribution in [3.63, 3.8) is 0 Å². The van der Waals surface area contributed by atoms with Crippen molar-refractivity contribution >= 4 is 38.3 Å². The molecule has 1 fully saturated rings. The van der Waals surface area contributed by atoms with E-state index in [2.05, 4.69) is 5.32 Å². The third-order valence-corrected chi connectivity index (χ3v) is 9.89. The average molecular weight is 564 g/mol. The number of carbonyl (C=O) groups is 2. The molecule has 2 amide bonds. The van der Waals surface area contributed by atoms with Crippen LogP contribution in [0.1, 0.15) is 57.4 Å². The zero-order valence-corrected chi connectivity index (χ0v) is 24.0. The van der Waals surface area contributed by atoms with Crippen molar-refractivity contribution in [1.29, 1.82) is 0 Å². The maximum atomic E-state index is 13.7. The average Bonchev–Trinajstić information content (AvgIpc) is 3.54. The Morgan fingerprint density at radius 2 is 1.75 bits per heavy atom. The van der Waals surface area contributed by atoms with Crippen LogP contribution in [0.2, 0.25) is 0 Å². The minimum Gasteiger partial charge on any atom is -0.497 e. The van der Waals surface area contributed by atoms with E-state index in [0.717, 1.165) is 47.8 Å². The number of methoxy groups -OCH3 is 1. The molecule has 40 heavy (non-hydrogen) atoms. The number of nitrogens with zero attached hydrogens (tertiary/aromatic N) is 2. The molecular formula is C31H37N3O5S. The third kappa shape index (κ3) is 5.52. The van der Waals surface area contributed by atoms with Crippen LogP contribution >= 0.6 is 0 Å². The normalized spacial score (nSPS) is 16.7. The Kier molecular flexibility index (Phi) is 8.30. The smallest absolute Gasteiger partial charge is 0.265 e. The zero-order valence-electron chi connectivity index (χ0n) is 23.1. The van der Waals surface area contributed by atoms with Crippen LogP contribution in [0.4, 0.5) is 5.69 Å². The van der Waals surface area contributed by atoms with Gasteiger partial charge in [0.2, 0.25) is 11.8 Å². The zero-order chi connectivity index (χ0) is 28.3. The van der Waals surface area contributed by atoms with Gasteiger partial charge in [-0.2, -0.15) is 0 Å². The first kappa shape index (κ1) is 28.0. The molecule has 5 rings (SSSR count). The Morgan fingerprint density at radius 1 is 1.05 bits per heavy atom. The summed E-state index contributed by atoms with van der Waals surface area (Å²) >= 11 is 0. The second kappa shape index (κ2) is 11.9. The van der Waals surface area contributed by atoms with E-state index in [1.54, 1.807) is 24.1 Å². The predicted molar refractivity (Wildman–Crippen MR) is 156 cm³/mol. The van der Waals surface area contributed by atoms with Crippen LogP contribution in [0.15, 0.2) is 65.6 Å². The van der Waals surface area contributed by atoms with Crippen molar-refractivity contribution in [2.45, 2.75) is 75.4 Å². The summed E-state index contributed by atoms with van der Waals surface area (Å²) in [5.74, 6) is 0.424. The molecular weight excluding hydrogens is 526 g/mol. The van der Waals surface area contributed by atoms with Crippen LogP contribution in [-0.2, 0) is 26.2 Å². The number of anilines is 1. The molecule has 1 saturated carbocycles. The lowest BCUT2D eigenvalue weighted by Gasteiger charge is -2.32. The van der Waals surface area contributed by atoms with E-state index in [-0.39, 0.29) is 37.4 Å². The topological polar surface area (TPSA) is 96.0 Å². The number of benzene rings is 3. The highest BCUT2D eigenvalue weighted by Crippen LogP contribution is 2.42. The molecule has 212 valence electrons. The molecule has 9 heteroatoms. The van der Waals surface area contributed by atoms with Crippen LogP contribution in [0.25, 0.3) is 10.8 Å². The summed E-state index contributed by atoms with van der Waals surface area (Å²) in [5.41, 5.74) is 1.54. The van der Waals surface area contributed by atoms with Crippen LogP contribution in [0.5, 0.6) is 5.75 Å². The lowest BCUT2D eigenvalue weighted by Crippen LogP contribution is -2.51. The molecule has 0 bridgehead atoms. The van der Waals surface area contributed by atoms with Crippen molar-refractivity contribution in [1.82, 2.24) is 10.2 Å². The largest absolute Gasteiger partial charge is 0.497 e. The third-order valence-electron chi connectivity index (χ3n) is 8.03. The Labute approximate surface area is 236 Å². The molecule has 0 spiro atoms.